The van der Waals surface area contributed by atoms with E-state index in [4.69, 9.17) is 9.47 Å². The summed E-state index contributed by atoms with van der Waals surface area (Å²) in [7, 11) is -3.97. The van der Waals surface area contributed by atoms with Crippen LogP contribution in [0, 0.1) is 0 Å². The van der Waals surface area contributed by atoms with Crippen molar-refractivity contribution in [1.82, 2.24) is 20.2 Å². The van der Waals surface area contributed by atoms with Crippen molar-refractivity contribution in [2.45, 2.75) is 11.3 Å². The van der Waals surface area contributed by atoms with Crippen LogP contribution < -0.4 is 19.5 Å². The summed E-state index contributed by atoms with van der Waals surface area (Å²) in [5.74, 6) is 0.700. The minimum absolute atomic E-state index is 0.0587. The summed E-state index contributed by atoms with van der Waals surface area (Å²) in [6.07, 6.45) is 2.17. The van der Waals surface area contributed by atoms with Gasteiger partial charge in [0.25, 0.3) is 15.9 Å². The predicted octanol–water partition coefficient (Wildman–Crippen LogP) is 2.88. The number of hydrogen-bond donors (Lipinski definition) is 2. The zero-order chi connectivity index (χ0) is 24.3. The van der Waals surface area contributed by atoms with Crippen LogP contribution in [-0.4, -0.2) is 47.7 Å². The molecule has 35 heavy (non-hydrogen) atoms. The number of hydrogen-bond acceptors (Lipinski definition) is 8. The number of sulfonamides is 1. The third-order valence-corrected chi connectivity index (χ3v) is 6.50. The van der Waals surface area contributed by atoms with Crippen LogP contribution in [0.5, 0.6) is 11.5 Å². The van der Waals surface area contributed by atoms with Crippen molar-refractivity contribution in [2.24, 2.45) is 0 Å². The highest BCUT2D eigenvalue weighted by atomic mass is 32.2. The summed E-state index contributed by atoms with van der Waals surface area (Å²) < 4.78 is 41.2. The number of benzene rings is 3. The van der Waals surface area contributed by atoms with E-state index in [0.29, 0.717) is 41.8 Å². The number of carbonyl (C=O) groups is 1. The van der Waals surface area contributed by atoms with Crippen molar-refractivity contribution in [3.8, 4) is 17.2 Å². The van der Waals surface area contributed by atoms with Gasteiger partial charge in [-0.15, -0.1) is 5.10 Å². The van der Waals surface area contributed by atoms with Crippen LogP contribution in [0.3, 0.4) is 0 Å². The van der Waals surface area contributed by atoms with E-state index in [9.17, 15) is 13.2 Å². The number of aromatic nitrogens is 4. The Balaban J connectivity index is 1.33. The molecule has 2 heterocycles. The zero-order valence-electron chi connectivity index (χ0n) is 18.3. The third-order valence-electron chi connectivity index (χ3n) is 5.12. The lowest BCUT2D eigenvalue weighted by Crippen LogP contribution is -2.16. The lowest BCUT2D eigenvalue weighted by Gasteiger charge is -2.12. The van der Waals surface area contributed by atoms with Crippen molar-refractivity contribution in [3.63, 3.8) is 0 Å². The summed E-state index contributed by atoms with van der Waals surface area (Å²) in [6.45, 7) is 1.09. The fraction of sp³-hybridized carbons (Fsp3) is 0.130. The average Bonchev–Trinajstić information content (AvgIpc) is 3.30. The molecule has 0 saturated carbocycles. The molecular formula is C23H20N6O5S. The first-order chi connectivity index (χ1) is 17.0. The maximum absolute atomic E-state index is 13.0. The van der Waals surface area contributed by atoms with E-state index >= 15 is 0 Å². The van der Waals surface area contributed by atoms with Gasteiger partial charge in [0.1, 0.15) is 6.33 Å². The quantitative estimate of drug-likeness (QED) is 0.419. The monoisotopic (exact) mass is 492 g/mol. The number of anilines is 2. The van der Waals surface area contributed by atoms with E-state index in [0.717, 1.165) is 6.42 Å². The number of ether oxygens (including phenoxy) is 2. The number of rotatable bonds is 6. The van der Waals surface area contributed by atoms with E-state index in [1.54, 1.807) is 42.5 Å². The molecule has 178 valence electrons. The maximum atomic E-state index is 13.0. The predicted molar refractivity (Wildman–Crippen MR) is 126 cm³/mol. The molecule has 1 aliphatic rings. The molecule has 1 amide bonds. The van der Waals surface area contributed by atoms with Crippen molar-refractivity contribution < 1.29 is 22.7 Å². The van der Waals surface area contributed by atoms with Gasteiger partial charge in [0.15, 0.2) is 11.5 Å². The van der Waals surface area contributed by atoms with E-state index < -0.39 is 15.9 Å². The highest BCUT2D eigenvalue weighted by Crippen LogP contribution is 2.32. The van der Waals surface area contributed by atoms with Gasteiger partial charge < -0.3 is 14.8 Å². The van der Waals surface area contributed by atoms with E-state index in [-0.39, 0.29) is 10.5 Å². The van der Waals surface area contributed by atoms with Gasteiger partial charge in [-0.3, -0.25) is 9.52 Å². The fourth-order valence-electron chi connectivity index (χ4n) is 3.45. The number of nitrogens with zero attached hydrogens (tertiary/aromatic N) is 4. The minimum atomic E-state index is -3.97. The molecule has 2 N–H and O–H groups in total. The smallest absolute Gasteiger partial charge is 0.261 e. The first-order valence-electron chi connectivity index (χ1n) is 10.7. The van der Waals surface area contributed by atoms with E-state index in [1.807, 2.05) is 0 Å². The van der Waals surface area contributed by atoms with Crippen molar-refractivity contribution in [3.05, 3.63) is 78.6 Å². The van der Waals surface area contributed by atoms with Crippen LogP contribution in [0.4, 0.5) is 11.4 Å². The second kappa shape index (κ2) is 9.43. The van der Waals surface area contributed by atoms with E-state index in [1.165, 1.54) is 35.3 Å². The Morgan fingerprint density at radius 2 is 1.74 bits per heavy atom. The molecular weight excluding hydrogens is 472 g/mol. The average molecular weight is 493 g/mol. The number of carbonyl (C=O) groups excluding carboxylic acids is 1. The van der Waals surface area contributed by atoms with Gasteiger partial charge in [0.2, 0.25) is 0 Å². The first-order valence-corrected chi connectivity index (χ1v) is 12.1. The van der Waals surface area contributed by atoms with Gasteiger partial charge in [0.05, 0.1) is 29.5 Å². The van der Waals surface area contributed by atoms with Crippen LogP contribution >= 0.6 is 0 Å². The Bertz CT molecular complexity index is 1470. The highest BCUT2D eigenvalue weighted by Gasteiger charge is 2.18. The molecule has 0 bridgehead atoms. The zero-order valence-corrected chi connectivity index (χ0v) is 19.1. The highest BCUT2D eigenvalue weighted by molar-refractivity contribution is 7.92. The van der Waals surface area contributed by atoms with Crippen LogP contribution in [-0.2, 0) is 10.0 Å². The molecule has 3 aromatic carbocycles. The SMILES string of the molecule is O=C(Nc1ccc2c(c1)OCCCO2)c1cccc(S(=O)(=O)Nc2cccc(-n3cnnn3)c2)c1. The normalized spacial score (nSPS) is 13.0. The Labute approximate surface area is 200 Å². The topological polar surface area (TPSA) is 137 Å². The maximum Gasteiger partial charge on any atom is 0.261 e. The summed E-state index contributed by atoms with van der Waals surface area (Å²) in [5, 5.41) is 13.7. The Morgan fingerprint density at radius 3 is 2.57 bits per heavy atom. The van der Waals surface area contributed by atoms with Crippen LogP contribution in [0.25, 0.3) is 5.69 Å². The molecule has 0 aliphatic carbocycles. The second-order valence-corrected chi connectivity index (χ2v) is 9.29. The summed E-state index contributed by atoms with van der Waals surface area (Å²) in [6, 6.07) is 17.5. The molecule has 11 nitrogen and oxygen atoms in total. The van der Waals surface area contributed by atoms with Crippen LogP contribution in [0.1, 0.15) is 16.8 Å². The molecule has 5 rings (SSSR count). The van der Waals surface area contributed by atoms with Crippen molar-refractivity contribution in [1.29, 1.82) is 0 Å². The fourth-order valence-corrected chi connectivity index (χ4v) is 4.55. The molecule has 4 aromatic rings. The largest absolute Gasteiger partial charge is 0.490 e. The molecule has 0 saturated heterocycles. The van der Waals surface area contributed by atoms with Crippen molar-refractivity contribution in [2.75, 3.05) is 23.3 Å². The lowest BCUT2D eigenvalue weighted by atomic mass is 10.2. The van der Waals surface area contributed by atoms with Crippen molar-refractivity contribution >= 4 is 27.3 Å². The number of tetrazole rings is 1. The molecule has 0 radical (unpaired) electrons. The molecule has 0 spiro atoms. The number of fused-ring (bicyclic) bond motifs is 1. The molecule has 1 aliphatic heterocycles. The first kappa shape index (κ1) is 22.3. The summed E-state index contributed by atoms with van der Waals surface area (Å²) in [4.78, 5) is 12.8. The van der Waals surface area contributed by atoms with Gasteiger partial charge in [-0.25, -0.2) is 13.1 Å². The van der Waals surface area contributed by atoms with Gasteiger partial charge >= 0.3 is 0 Å². The molecule has 0 atom stereocenters. The molecule has 0 unspecified atom stereocenters. The summed E-state index contributed by atoms with van der Waals surface area (Å²) in [5.41, 5.74) is 1.59. The van der Waals surface area contributed by atoms with Gasteiger partial charge in [0, 0.05) is 23.7 Å². The molecule has 0 fully saturated rings. The third kappa shape index (κ3) is 5.06. The Morgan fingerprint density at radius 1 is 0.914 bits per heavy atom. The standard InChI is InChI=1S/C23H20N6O5S/c30-23(25-17-8-9-21-22(14-17)34-11-3-10-33-21)16-4-1-7-20(12-16)35(31,32)26-18-5-2-6-19(13-18)29-15-24-27-28-29/h1-2,4-9,12-15,26H,3,10-11H2,(H,25,30). The number of nitrogens with one attached hydrogen (secondary N) is 2. The van der Waals surface area contributed by atoms with Crippen LogP contribution in [0.15, 0.2) is 78.0 Å². The Kier molecular flexibility index (Phi) is 6.02. The summed E-state index contributed by atoms with van der Waals surface area (Å²) >= 11 is 0. The molecule has 1 aromatic heterocycles. The second-order valence-electron chi connectivity index (χ2n) is 7.60. The number of amides is 1. The van der Waals surface area contributed by atoms with Gasteiger partial charge in [-0.2, -0.15) is 0 Å². The van der Waals surface area contributed by atoms with Gasteiger partial charge in [-0.1, -0.05) is 12.1 Å². The van der Waals surface area contributed by atoms with E-state index in [2.05, 4.69) is 25.6 Å². The molecule has 12 heteroatoms. The Hall–Kier alpha value is -4.45. The van der Waals surface area contributed by atoms with Crippen LogP contribution in [0.2, 0.25) is 0 Å². The lowest BCUT2D eigenvalue weighted by molar-refractivity contribution is 0.102. The minimum Gasteiger partial charge on any atom is -0.490 e. The van der Waals surface area contributed by atoms with Gasteiger partial charge in [-0.05, 0) is 59.0 Å².